The highest BCUT2D eigenvalue weighted by Gasteiger charge is 2.24. The number of rotatable bonds is 7. The number of aliphatic hydroxyl groups is 1. The monoisotopic (exact) mass is 457 g/mol. The van der Waals surface area contributed by atoms with Gasteiger partial charge < -0.3 is 15.7 Å². The molecule has 1 aromatic heterocycles. The van der Waals surface area contributed by atoms with Gasteiger partial charge >= 0.3 is 0 Å². The summed E-state index contributed by atoms with van der Waals surface area (Å²) in [6.45, 7) is 5.59. The normalized spacial score (nSPS) is 13.7. The van der Waals surface area contributed by atoms with Crippen LogP contribution in [-0.4, -0.2) is 40.5 Å². The van der Waals surface area contributed by atoms with E-state index in [9.17, 15) is 5.11 Å². The van der Waals surface area contributed by atoms with E-state index in [4.69, 9.17) is 0 Å². The predicted molar refractivity (Wildman–Crippen MR) is 112 cm³/mol. The molecule has 0 saturated heterocycles. The highest BCUT2D eigenvalue weighted by atomic mass is 127. The molecule has 0 spiro atoms. The first-order valence-electron chi connectivity index (χ1n) is 8.29. The van der Waals surface area contributed by atoms with E-state index in [2.05, 4.69) is 32.9 Å². The van der Waals surface area contributed by atoms with Crippen molar-refractivity contribution < 1.29 is 5.11 Å². The Kier molecular flexibility index (Phi) is 8.91. The molecule has 7 heteroatoms. The third-order valence-corrected chi connectivity index (χ3v) is 3.76. The second kappa shape index (κ2) is 10.4. The van der Waals surface area contributed by atoms with Crippen molar-refractivity contribution in [3.8, 4) is 0 Å². The van der Waals surface area contributed by atoms with Gasteiger partial charge in [-0.1, -0.05) is 30.3 Å². The molecule has 0 amide bonds. The van der Waals surface area contributed by atoms with Crippen LogP contribution in [0.1, 0.15) is 25.0 Å². The third kappa shape index (κ3) is 7.03. The summed E-state index contributed by atoms with van der Waals surface area (Å²) in [5, 5.41) is 21.2. The molecule has 0 aliphatic rings. The number of halogens is 1. The van der Waals surface area contributed by atoms with Crippen molar-refractivity contribution in [2.45, 2.75) is 25.9 Å². The zero-order valence-corrected chi connectivity index (χ0v) is 17.4. The lowest BCUT2D eigenvalue weighted by Crippen LogP contribution is -2.39. The van der Waals surface area contributed by atoms with Crippen molar-refractivity contribution in [3.05, 3.63) is 53.9 Å². The van der Waals surface area contributed by atoms with E-state index in [1.54, 1.807) is 17.8 Å². The number of nitrogens with zero attached hydrogens (tertiary/aromatic N) is 3. The van der Waals surface area contributed by atoms with Crippen molar-refractivity contribution in [3.63, 3.8) is 0 Å². The Labute approximate surface area is 166 Å². The summed E-state index contributed by atoms with van der Waals surface area (Å²) in [6.07, 6.45) is 4.40. The third-order valence-electron chi connectivity index (χ3n) is 3.76. The van der Waals surface area contributed by atoms with Crippen LogP contribution in [0, 0.1) is 0 Å². The Morgan fingerprint density at radius 1 is 1.28 bits per heavy atom. The Bertz CT molecular complexity index is 654. The maximum Gasteiger partial charge on any atom is 0.191 e. The molecular formula is C18H28IN5O. The minimum atomic E-state index is -1.05. The second-order valence-corrected chi connectivity index (χ2v) is 6.03. The molecule has 2 aromatic rings. The molecule has 0 fully saturated rings. The van der Waals surface area contributed by atoms with Crippen molar-refractivity contribution in [2.75, 3.05) is 19.6 Å². The Hall–Kier alpha value is -1.61. The van der Waals surface area contributed by atoms with E-state index in [1.165, 1.54) is 5.56 Å². The van der Waals surface area contributed by atoms with E-state index in [-0.39, 0.29) is 30.5 Å². The van der Waals surface area contributed by atoms with Crippen molar-refractivity contribution in [1.82, 2.24) is 20.4 Å². The van der Waals surface area contributed by atoms with Crippen LogP contribution < -0.4 is 10.6 Å². The Morgan fingerprint density at radius 2 is 2.00 bits per heavy atom. The summed E-state index contributed by atoms with van der Waals surface area (Å²) in [4.78, 5) is 4.51. The number of aliphatic imine (C=N–C) groups is 1. The zero-order chi connectivity index (χ0) is 17.4. The molecule has 0 aliphatic heterocycles. The van der Waals surface area contributed by atoms with Gasteiger partial charge in [-0.05, 0) is 25.8 Å². The molecule has 0 radical (unpaired) electrons. The maximum absolute atomic E-state index is 10.6. The van der Waals surface area contributed by atoms with Crippen LogP contribution >= 0.6 is 24.0 Å². The molecule has 2 rings (SSSR count). The van der Waals surface area contributed by atoms with E-state index in [1.807, 2.05) is 38.4 Å². The van der Waals surface area contributed by atoms with Gasteiger partial charge in [0.25, 0.3) is 0 Å². The van der Waals surface area contributed by atoms with Gasteiger partial charge in [0, 0.05) is 31.9 Å². The quantitative estimate of drug-likeness (QED) is 0.338. The highest BCUT2D eigenvalue weighted by molar-refractivity contribution is 14.0. The lowest BCUT2D eigenvalue weighted by Gasteiger charge is -2.20. The number of guanidine groups is 1. The fourth-order valence-corrected chi connectivity index (χ4v) is 2.34. The topological polar surface area (TPSA) is 74.5 Å². The van der Waals surface area contributed by atoms with Crippen LogP contribution in [0.5, 0.6) is 0 Å². The van der Waals surface area contributed by atoms with Gasteiger partial charge in [-0.3, -0.25) is 4.68 Å². The summed E-state index contributed by atoms with van der Waals surface area (Å²) < 4.78 is 1.68. The highest BCUT2D eigenvalue weighted by Crippen LogP contribution is 2.19. The van der Waals surface area contributed by atoms with E-state index < -0.39 is 5.60 Å². The van der Waals surface area contributed by atoms with Crippen LogP contribution in [0.3, 0.4) is 0 Å². The molecule has 1 heterocycles. The van der Waals surface area contributed by atoms with Gasteiger partial charge in [-0.15, -0.1) is 24.0 Å². The second-order valence-electron chi connectivity index (χ2n) is 6.03. The lowest BCUT2D eigenvalue weighted by atomic mass is 10.0. The smallest absolute Gasteiger partial charge is 0.191 e. The summed E-state index contributed by atoms with van der Waals surface area (Å²) in [6, 6.07) is 10.3. The predicted octanol–water partition coefficient (Wildman–Crippen LogP) is 2.04. The molecule has 25 heavy (non-hydrogen) atoms. The van der Waals surface area contributed by atoms with Crippen molar-refractivity contribution in [1.29, 1.82) is 0 Å². The molecule has 3 N–H and O–H groups in total. The molecule has 6 nitrogen and oxygen atoms in total. The standard InChI is InChI=1S/C18H27N5O.HI/c1-4-19-17(20-11-10-15-8-6-5-7-9-15)21-14-18(2,24)16-12-22-23(3)13-16;/h5-9,12-13,24H,4,10-11,14H2,1-3H3,(H2,19,20,21);1H. The maximum atomic E-state index is 10.6. The largest absolute Gasteiger partial charge is 0.383 e. The zero-order valence-electron chi connectivity index (χ0n) is 15.1. The van der Waals surface area contributed by atoms with E-state index in [0.717, 1.165) is 25.1 Å². The van der Waals surface area contributed by atoms with Crippen molar-refractivity contribution in [2.24, 2.45) is 12.0 Å². The molecule has 0 aliphatic carbocycles. The van der Waals surface area contributed by atoms with Crippen LogP contribution in [0.25, 0.3) is 0 Å². The van der Waals surface area contributed by atoms with Gasteiger partial charge in [0.1, 0.15) is 5.60 Å². The van der Waals surface area contributed by atoms with Gasteiger partial charge in [-0.25, -0.2) is 4.99 Å². The molecule has 1 atom stereocenters. The van der Waals surface area contributed by atoms with E-state index in [0.29, 0.717) is 5.96 Å². The van der Waals surface area contributed by atoms with Crippen LogP contribution in [0.4, 0.5) is 0 Å². The number of nitrogens with one attached hydrogen (secondary N) is 2. The van der Waals surface area contributed by atoms with Crippen LogP contribution in [0.15, 0.2) is 47.7 Å². The minimum Gasteiger partial charge on any atom is -0.383 e. The molecular weight excluding hydrogens is 429 g/mol. The molecule has 1 aromatic carbocycles. The summed E-state index contributed by atoms with van der Waals surface area (Å²) >= 11 is 0. The van der Waals surface area contributed by atoms with Crippen LogP contribution in [-0.2, 0) is 19.1 Å². The first-order valence-corrected chi connectivity index (χ1v) is 8.29. The van der Waals surface area contributed by atoms with Gasteiger partial charge in [-0.2, -0.15) is 5.10 Å². The lowest BCUT2D eigenvalue weighted by molar-refractivity contribution is 0.0672. The Morgan fingerprint density at radius 3 is 2.60 bits per heavy atom. The summed E-state index contributed by atoms with van der Waals surface area (Å²) in [5.41, 5.74) is 0.993. The number of aryl methyl sites for hydroxylation is 1. The first-order chi connectivity index (χ1) is 11.5. The number of aromatic nitrogens is 2. The molecule has 0 bridgehead atoms. The van der Waals surface area contributed by atoms with Gasteiger partial charge in [0.2, 0.25) is 0 Å². The number of benzene rings is 1. The number of hydrogen-bond acceptors (Lipinski definition) is 3. The molecule has 138 valence electrons. The first kappa shape index (κ1) is 21.4. The average Bonchev–Trinajstić information content (AvgIpc) is 3.01. The Balaban J connectivity index is 0.00000312. The van der Waals surface area contributed by atoms with Gasteiger partial charge in [0.15, 0.2) is 5.96 Å². The summed E-state index contributed by atoms with van der Waals surface area (Å²) in [5.74, 6) is 0.706. The fourth-order valence-electron chi connectivity index (χ4n) is 2.34. The summed E-state index contributed by atoms with van der Waals surface area (Å²) in [7, 11) is 1.83. The fraction of sp³-hybridized carbons (Fsp3) is 0.444. The van der Waals surface area contributed by atoms with Crippen LogP contribution in [0.2, 0.25) is 0 Å². The average molecular weight is 457 g/mol. The molecule has 1 unspecified atom stereocenters. The van der Waals surface area contributed by atoms with E-state index >= 15 is 0 Å². The van der Waals surface area contributed by atoms with Crippen molar-refractivity contribution >= 4 is 29.9 Å². The minimum absolute atomic E-state index is 0. The molecule has 0 saturated carbocycles. The SMILES string of the molecule is CCNC(=NCC(C)(O)c1cnn(C)c1)NCCc1ccccc1.I. The number of hydrogen-bond donors (Lipinski definition) is 3. The van der Waals surface area contributed by atoms with Gasteiger partial charge in [0.05, 0.1) is 12.7 Å².